The van der Waals surface area contributed by atoms with E-state index in [-0.39, 0.29) is 59.9 Å². The summed E-state index contributed by atoms with van der Waals surface area (Å²) in [5.41, 5.74) is -0.208. The molecule has 8 bridgehead atoms. The first-order valence-corrected chi connectivity index (χ1v) is 19.9. The monoisotopic (exact) mass is 634 g/mol. The summed E-state index contributed by atoms with van der Waals surface area (Å²) in [6, 6.07) is -1.34. The van der Waals surface area contributed by atoms with E-state index in [1.807, 2.05) is 0 Å². The second-order valence-electron chi connectivity index (χ2n) is 19.5. The van der Waals surface area contributed by atoms with Crippen LogP contribution in [0.15, 0.2) is 0 Å². The van der Waals surface area contributed by atoms with Crippen molar-refractivity contribution >= 4 is 11.8 Å². The number of carbonyl (C=O) groups excluding carboxylic acids is 2. The van der Waals surface area contributed by atoms with Gasteiger partial charge in [0.05, 0.1) is 12.1 Å². The molecule has 12 fully saturated rings. The molecule has 2 aliphatic heterocycles. The zero-order chi connectivity index (χ0) is 31.1. The fourth-order valence-corrected chi connectivity index (χ4v) is 15.9. The number of nitrogens with one attached hydrogen (secondary N) is 2. The van der Waals surface area contributed by atoms with E-state index >= 15 is 10.4 Å². The van der Waals surface area contributed by atoms with Gasteiger partial charge in [0, 0.05) is 48.6 Å². The lowest BCUT2D eigenvalue weighted by Crippen LogP contribution is -2.68. The Morgan fingerprint density at radius 3 is 1.17 bits per heavy atom. The van der Waals surface area contributed by atoms with E-state index in [1.165, 1.54) is 38.5 Å². The van der Waals surface area contributed by atoms with Crippen molar-refractivity contribution in [1.29, 1.82) is 0 Å². The molecule has 8 heteroatoms. The summed E-state index contributed by atoms with van der Waals surface area (Å²) in [4.78, 5) is 28.6. The summed E-state index contributed by atoms with van der Waals surface area (Å²) in [6.45, 7) is 0.377. The van der Waals surface area contributed by atoms with Crippen LogP contribution in [0.25, 0.3) is 0 Å². The first-order valence-electron chi connectivity index (χ1n) is 19.9. The molecular formula is C38H58N4O4. The number of likely N-dealkylation sites (tertiary alicyclic amines) is 2. The molecule has 2 saturated heterocycles. The molecule has 10 saturated carbocycles. The maximum atomic E-state index is 15.3. The minimum absolute atomic E-state index is 0.0138. The second-order valence-corrected chi connectivity index (χ2v) is 19.5. The standard InChI is InChI=1S/C38H58N4O4/c43-35(39-37-17-23-9-24(18-37)11-25(10-23)19-37)33-15-29-3-1-5-31(29)41(33,45)7-8-42(46)32-6-2-4-30(32)16-34(42)36(44)40-38-20-26-12-27(21-38)14-28(13-26)22-38/h23-34H,1-22H2,(H,39,43)(H,40,44)/t23?,24?,25?,26?,27?,28?,29?,30?,31?,32?,33-,34-,37?,38?,41?,42?/m0/s1. The first kappa shape index (κ1) is 29.7. The Kier molecular flexibility index (Phi) is 6.56. The largest absolute Gasteiger partial charge is 0.632 e. The van der Waals surface area contributed by atoms with Gasteiger partial charge in [-0.05, 0) is 138 Å². The third kappa shape index (κ3) is 4.43. The van der Waals surface area contributed by atoms with Crippen molar-refractivity contribution in [1.82, 2.24) is 10.6 Å². The quantitative estimate of drug-likeness (QED) is 0.278. The van der Waals surface area contributed by atoms with Crippen LogP contribution in [0.5, 0.6) is 0 Å². The van der Waals surface area contributed by atoms with Gasteiger partial charge in [0.1, 0.15) is 13.1 Å². The summed E-state index contributed by atoms with van der Waals surface area (Å²) in [7, 11) is 0. The molecular weight excluding hydrogens is 576 g/mol. The van der Waals surface area contributed by atoms with Gasteiger partial charge in [0.15, 0.2) is 12.1 Å². The van der Waals surface area contributed by atoms with Crippen LogP contribution in [0.4, 0.5) is 0 Å². The van der Waals surface area contributed by atoms with Crippen LogP contribution in [0, 0.1) is 57.8 Å². The first-order chi connectivity index (χ1) is 22.1. The molecule has 0 aromatic carbocycles. The van der Waals surface area contributed by atoms with Crippen molar-refractivity contribution in [3.8, 4) is 0 Å². The molecule has 8 atom stereocenters. The average molecular weight is 635 g/mol. The van der Waals surface area contributed by atoms with Crippen LogP contribution in [-0.2, 0) is 9.59 Å². The maximum Gasteiger partial charge on any atom is 0.279 e. The summed E-state index contributed by atoms with van der Waals surface area (Å²) >= 11 is 0. The molecule has 0 spiro atoms. The Morgan fingerprint density at radius 1 is 0.522 bits per heavy atom. The second kappa shape index (κ2) is 10.2. The highest BCUT2D eigenvalue weighted by Gasteiger charge is 2.61. The smallest absolute Gasteiger partial charge is 0.279 e. The topological polar surface area (TPSA) is 104 Å². The number of rotatable bonds is 7. The normalized spacial score (nSPS) is 57.2. The van der Waals surface area contributed by atoms with Crippen LogP contribution in [-0.4, -0.2) is 69.4 Å². The number of nitrogens with zero attached hydrogens (tertiary/aromatic N) is 2. The third-order valence-corrected chi connectivity index (χ3v) is 16.7. The number of hydrogen-bond donors (Lipinski definition) is 2. The van der Waals surface area contributed by atoms with Crippen molar-refractivity contribution in [2.24, 2.45) is 47.3 Å². The minimum atomic E-state index is -0.601. The molecule has 12 rings (SSSR count). The molecule has 0 aromatic heterocycles. The van der Waals surface area contributed by atoms with Gasteiger partial charge >= 0.3 is 0 Å². The Balaban J connectivity index is 0.890. The minimum Gasteiger partial charge on any atom is -0.632 e. The highest BCUT2D eigenvalue weighted by molar-refractivity contribution is 5.82. The van der Waals surface area contributed by atoms with Gasteiger partial charge in [-0.1, -0.05) is 0 Å². The molecule has 6 unspecified atom stereocenters. The Labute approximate surface area is 275 Å². The molecule has 8 nitrogen and oxygen atoms in total. The third-order valence-electron chi connectivity index (χ3n) is 16.7. The van der Waals surface area contributed by atoms with Gasteiger partial charge in [-0.25, -0.2) is 0 Å². The maximum absolute atomic E-state index is 15.3. The molecule has 2 heterocycles. The van der Waals surface area contributed by atoms with E-state index in [2.05, 4.69) is 10.6 Å². The molecule has 254 valence electrons. The fraction of sp³-hybridized carbons (Fsp3) is 0.947. The van der Waals surface area contributed by atoms with Gasteiger partial charge in [-0.2, -0.15) is 0 Å². The van der Waals surface area contributed by atoms with E-state index in [9.17, 15) is 9.59 Å². The van der Waals surface area contributed by atoms with Gasteiger partial charge in [-0.15, -0.1) is 0 Å². The van der Waals surface area contributed by atoms with Gasteiger partial charge in [-0.3, -0.25) is 9.59 Å². The van der Waals surface area contributed by atoms with Crippen LogP contribution in [0.2, 0.25) is 0 Å². The van der Waals surface area contributed by atoms with Gasteiger partial charge < -0.3 is 30.3 Å². The van der Waals surface area contributed by atoms with Crippen molar-refractivity contribution < 1.29 is 18.9 Å². The highest BCUT2D eigenvalue weighted by Crippen LogP contribution is 2.58. The number of amides is 2. The lowest BCUT2D eigenvalue weighted by Gasteiger charge is -2.58. The van der Waals surface area contributed by atoms with Crippen LogP contribution < -0.4 is 10.6 Å². The summed E-state index contributed by atoms with van der Waals surface area (Å²) < 4.78 is -1.02. The summed E-state index contributed by atoms with van der Waals surface area (Å²) in [5.74, 6) is 4.98. The van der Waals surface area contributed by atoms with Crippen LogP contribution in [0.1, 0.15) is 128 Å². The van der Waals surface area contributed by atoms with E-state index < -0.39 is 21.4 Å². The molecule has 46 heavy (non-hydrogen) atoms. The van der Waals surface area contributed by atoms with Gasteiger partial charge in [0.25, 0.3) is 11.8 Å². The van der Waals surface area contributed by atoms with E-state index in [1.54, 1.807) is 0 Å². The Hall–Kier alpha value is -1.22. The lowest BCUT2D eigenvalue weighted by molar-refractivity contribution is -0.961. The van der Waals surface area contributed by atoms with Crippen LogP contribution in [0.3, 0.4) is 0 Å². The van der Waals surface area contributed by atoms with Crippen molar-refractivity contribution in [2.45, 2.75) is 164 Å². The van der Waals surface area contributed by atoms with E-state index in [0.717, 1.165) is 113 Å². The van der Waals surface area contributed by atoms with E-state index in [4.69, 9.17) is 0 Å². The number of hydrogen-bond acceptors (Lipinski definition) is 4. The number of hydroxylamine groups is 6. The summed E-state index contributed by atoms with van der Waals surface area (Å²) in [5, 5.41) is 37.7. The number of carbonyl (C=O) groups is 2. The number of quaternary nitrogens is 2. The predicted octanol–water partition coefficient (Wildman–Crippen LogP) is 5.67. The molecule has 0 aromatic rings. The van der Waals surface area contributed by atoms with Crippen molar-refractivity contribution in [2.75, 3.05) is 13.1 Å². The zero-order valence-corrected chi connectivity index (χ0v) is 28.0. The highest BCUT2D eigenvalue weighted by atomic mass is 16.6. The van der Waals surface area contributed by atoms with Gasteiger partial charge in [0.2, 0.25) is 0 Å². The predicted molar refractivity (Wildman–Crippen MR) is 174 cm³/mol. The molecule has 12 aliphatic rings. The molecule has 2 N–H and O–H groups in total. The molecule has 0 radical (unpaired) electrons. The van der Waals surface area contributed by atoms with Crippen molar-refractivity contribution in [3.05, 3.63) is 10.4 Å². The average Bonchev–Trinajstić information content (AvgIpc) is 3.74. The SMILES string of the molecule is O=C(NC12CC3CC(CC(C3)C1)C2)[C@@H]1CC2CCCC2[N+]1([O-])CC[N+]1([O-])C2CCCC2C[C@H]1C(=O)NC12CC3CC(CC(C3)C1)C2. The zero-order valence-electron chi connectivity index (χ0n) is 28.0. The summed E-state index contributed by atoms with van der Waals surface area (Å²) in [6.07, 6.45) is 21.8. The number of fused-ring (bicyclic) bond motifs is 2. The lowest BCUT2D eigenvalue weighted by atomic mass is 9.53. The van der Waals surface area contributed by atoms with Crippen LogP contribution >= 0.6 is 0 Å². The van der Waals surface area contributed by atoms with Crippen molar-refractivity contribution in [3.63, 3.8) is 0 Å². The molecule has 2 amide bonds. The van der Waals surface area contributed by atoms with E-state index in [0.29, 0.717) is 12.8 Å². The molecule has 10 aliphatic carbocycles. The Bertz CT molecular complexity index is 1120. The fourth-order valence-electron chi connectivity index (χ4n) is 15.9. The Morgan fingerprint density at radius 2 is 0.848 bits per heavy atom.